The minimum absolute atomic E-state index is 0.0724. The summed E-state index contributed by atoms with van der Waals surface area (Å²) in [5.74, 6) is 0.398. The van der Waals surface area contributed by atoms with Crippen LogP contribution < -0.4 is 5.32 Å². The molecule has 0 fully saturated rings. The summed E-state index contributed by atoms with van der Waals surface area (Å²) < 4.78 is 14.1. The molecule has 2 aromatic carbocycles. The van der Waals surface area contributed by atoms with E-state index in [-0.39, 0.29) is 17.0 Å². The lowest BCUT2D eigenvalue weighted by atomic mass is 10.2. The van der Waals surface area contributed by atoms with Crippen LogP contribution in [0.5, 0.6) is 0 Å². The Morgan fingerprint density at radius 1 is 1.27 bits per heavy atom. The van der Waals surface area contributed by atoms with E-state index in [1.54, 1.807) is 24.8 Å². The number of benzene rings is 2. The van der Waals surface area contributed by atoms with Crippen molar-refractivity contribution in [2.45, 2.75) is 24.9 Å². The van der Waals surface area contributed by atoms with Crippen molar-refractivity contribution in [2.75, 3.05) is 5.32 Å². The number of anilines is 1. The van der Waals surface area contributed by atoms with Gasteiger partial charge in [-0.05, 0) is 55.3 Å². The Bertz CT molecular complexity index is 660. The predicted octanol–water partition coefficient (Wildman–Crippen LogP) is 5.16. The SMILES string of the molecule is Cc1cc(F)ccc1NC(=O)[C@H](C)SCc1ccc(Br)cc1. The molecule has 0 saturated carbocycles. The van der Waals surface area contributed by atoms with E-state index >= 15 is 0 Å². The molecule has 0 aliphatic rings. The van der Waals surface area contributed by atoms with E-state index in [1.807, 2.05) is 31.2 Å². The van der Waals surface area contributed by atoms with Crippen molar-refractivity contribution in [1.29, 1.82) is 0 Å². The predicted molar refractivity (Wildman–Crippen MR) is 94.7 cm³/mol. The number of carbonyl (C=O) groups is 1. The van der Waals surface area contributed by atoms with Crippen LogP contribution in [0.1, 0.15) is 18.1 Å². The Balaban J connectivity index is 1.90. The normalized spacial score (nSPS) is 12.0. The first-order valence-electron chi connectivity index (χ1n) is 6.89. The number of halogens is 2. The molecule has 0 aromatic heterocycles. The molecule has 116 valence electrons. The van der Waals surface area contributed by atoms with E-state index in [4.69, 9.17) is 0 Å². The summed E-state index contributed by atoms with van der Waals surface area (Å²) in [6.07, 6.45) is 0. The molecule has 5 heteroatoms. The van der Waals surface area contributed by atoms with Crippen molar-refractivity contribution in [1.82, 2.24) is 0 Å². The largest absolute Gasteiger partial charge is 0.325 e. The zero-order valence-electron chi connectivity index (χ0n) is 12.4. The fourth-order valence-corrected chi connectivity index (χ4v) is 2.99. The first-order chi connectivity index (χ1) is 10.5. The van der Waals surface area contributed by atoms with Gasteiger partial charge in [-0.15, -0.1) is 11.8 Å². The Morgan fingerprint density at radius 3 is 2.59 bits per heavy atom. The highest BCUT2D eigenvalue weighted by Gasteiger charge is 2.14. The van der Waals surface area contributed by atoms with Gasteiger partial charge >= 0.3 is 0 Å². The van der Waals surface area contributed by atoms with Gasteiger partial charge in [0.1, 0.15) is 5.82 Å². The monoisotopic (exact) mass is 381 g/mol. The summed E-state index contributed by atoms with van der Waals surface area (Å²) in [6.45, 7) is 3.65. The number of hydrogen-bond acceptors (Lipinski definition) is 2. The quantitative estimate of drug-likeness (QED) is 0.774. The second-order valence-electron chi connectivity index (χ2n) is 5.03. The van der Waals surface area contributed by atoms with Gasteiger partial charge in [-0.3, -0.25) is 4.79 Å². The van der Waals surface area contributed by atoms with Gasteiger partial charge in [-0.25, -0.2) is 4.39 Å². The number of thioether (sulfide) groups is 1. The molecule has 1 amide bonds. The Kier molecular flexibility index (Phi) is 6.03. The number of carbonyl (C=O) groups excluding carboxylic acids is 1. The Hall–Kier alpha value is -1.33. The highest BCUT2D eigenvalue weighted by molar-refractivity contribution is 9.10. The molecular weight excluding hydrogens is 365 g/mol. The van der Waals surface area contributed by atoms with Gasteiger partial charge in [0.25, 0.3) is 0 Å². The maximum atomic E-state index is 13.1. The highest BCUT2D eigenvalue weighted by Crippen LogP contribution is 2.22. The Labute approximate surface area is 142 Å². The topological polar surface area (TPSA) is 29.1 Å². The molecule has 0 saturated heterocycles. The van der Waals surface area contributed by atoms with Crippen LogP contribution in [-0.2, 0) is 10.5 Å². The smallest absolute Gasteiger partial charge is 0.237 e. The average Bonchev–Trinajstić information content (AvgIpc) is 2.49. The van der Waals surface area contributed by atoms with Gasteiger partial charge in [-0.1, -0.05) is 28.1 Å². The lowest BCUT2D eigenvalue weighted by molar-refractivity contribution is -0.115. The van der Waals surface area contributed by atoms with Crippen molar-refractivity contribution in [2.24, 2.45) is 0 Å². The van der Waals surface area contributed by atoms with Crippen LogP contribution in [-0.4, -0.2) is 11.2 Å². The van der Waals surface area contributed by atoms with Crippen molar-refractivity contribution < 1.29 is 9.18 Å². The summed E-state index contributed by atoms with van der Waals surface area (Å²) in [5.41, 5.74) is 2.55. The van der Waals surface area contributed by atoms with Gasteiger partial charge in [0.2, 0.25) is 5.91 Å². The van der Waals surface area contributed by atoms with Crippen LogP contribution in [0.2, 0.25) is 0 Å². The third kappa shape index (κ3) is 4.85. The van der Waals surface area contributed by atoms with Crippen molar-refractivity contribution in [3.63, 3.8) is 0 Å². The second kappa shape index (κ2) is 7.79. The number of nitrogens with one attached hydrogen (secondary N) is 1. The number of aryl methyl sites for hydroxylation is 1. The van der Waals surface area contributed by atoms with E-state index in [0.29, 0.717) is 5.69 Å². The molecule has 0 aliphatic carbocycles. The molecule has 1 atom stereocenters. The van der Waals surface area contributed by atoms with Gasteiger partial charge in [0.15, 0.2) is 0 Å². The number of hydrogen-bond donors (Lipinski definition) is 1. The van der Waals surface area contributed by atoms with E-state index in [0.717, 1.165) is 15.8 Å². The summed E-state index contributed by atoms with van der Waals surface area (Å²) in [4.78, 5) is 12.2. The van der Waals surface area contributed by atoms with Crippen molar-refractivity contribution >= 4 is 39.3 Å². The minimum Gasteiger partial charge on any atom is -0.325 e. The van der Waals surface area contributed by atoms with Crippen LogP contribution in [0.15, 0.2) is 46.9 Å². The molecular formula is C17H17BrFNOS. The van der Waals surface area contributed by atoms with Gasteiger partial charge in [0.05, 0.1) is 5.25 Å². The summed E-state index contributed by atoms with van der Waals surface area (Å²) in [7, 11) is 0. The summed E-state index contributed by atoms with van der Waals surface area (Å²) >= 11 is 4.97. The average molecular weight is 382 g/mol. The molecule has 0 bridgehead atoms. The molecule has 22 heavy (non-hydrogen) atoms. The minimum atomic E-state index is -0.298. The van der Waals surface area contributed by atoms with E-state index in [1.165, 1.54) is 17.7 Å². The maximum absolute atomic E-state index is 13.1. The first kappa shape index (κ1) is 17.0. The van der Waals surface area contributed by atoms with E-state index in [9.17, 15) is 9.18 Å². The zero-order chi connectivity index (χ0) is 16.1. The van der Waals surface area contributed by atoms with E-state index < -0.39 is 0 Å². The fraction of sp³-hybridized carbons (Fsp3) is 0.235. The second-order valence-corrected chi connectivity index (χ2v) is 7.27. The lowest BCUT2D eigenvalue weighted by Crippen LogP contribution is -2.23. The number of rotatable bonds is 5. The lowest BCUT2D eigenvalue weighted by Gasteiger charge is -2.13. The third-order valence-corrected chi connectivity index (χ3v) is 4.97. The standard InChI is InChI=1S/C17H17BrFNOS/c1-11-9-15(19)7-8-16(11)20-17(21)12(2)22-10-13-3-5-14(18)6-4-13/h3-9,12H,10H2,1-2H3,(H,20,21)/t12-/m0/s1. The highest BCUT2D eigenvalue weighted by atomic mass is 79.9. The summed E-state index contributed by atoms with van der Waals surface area (Å²) in [5, 5.41) is 2.66. The number of amides is 1. The van der Waals surface area contributed by atoms with Gasteiger partial charge in [-0.2, -0.15) is 0 Å². The first-order valence-corrected chi connectivity index (χ1v) is 8.73. The van der Waals surface area contributed by atoms with E-state index in [2.05, 4.69) is 21.2 Å². The molecule has 1 N–H and O–H groups in total. The van der Waals surface area contributed by atoms with Crippen LogP contribution in [0.25, 0.3) is 0 Å². The molecule has 0 aliphatic heterocycles. The molecule has 2 rings (SSSR count). The molecule has 2 nitrogen and oxygen atoms in total. The Morgan fingerprint density at radius 2 is 1.95 bits per heavy atom. The van der Waals surface area contributed by atoms with Crippen LogP contribution in [0.4, 0.5) is 10.1 Å². The van der Waals surface area contributed by atoms with Crippen LogP contribution >= 0.6 is 27.7 Å². The van der Waals surface area contributed by atoms with Gasteiger partial charge < -0.3 is 5.32 Å². The van der Waals surface area contributed by atoms with Crippen molar-refractivity contribution in [3.05, 3.63) is 63.9 Å². The maximum Gasteiger partial charge on any atom is 0.237 e. The zero-order valence-corrected chi connectivity index (χ0v) is 14.8. The van der Waals surface area contributed by atoms with Gasteiger partial charge in [0, 0.05) is 15.9 Å². The molecule has 0 spiro atoms. The third-order valence-electron chi connectivity index (χ3n) is 3.23. The fourth-order valence-electron chi connectivity index (χ4n) is 1.88. The summed E-state index contributed by atoms with van der Waals surface area (Å²) in [6, 6.07) is 12.4. The molecule has 2 aromatic rings. The molecule has 0 unspecified atom stereocenters. The molecule has 0 heterocycles. The van der Waals surface area contributed by atoms with Crippen LogP contribution in [0, 0.1) is 12.7 Å². The van der Waals surface area contributed by atoms with Crippen LogP contribution in [0.3, 0.4) is 0 Å². The molecule has 0 radical (unpaired) electrons. The van der Waals surface area contributed by atoms with Crippen molar-refractivity contribution in [3.8, 4) is 0 Å².